The van der Waals surface area contributed by atoms with E-state index in [1.54, 1.807) is 24.3 Å². The minimum atomic E-state index is -4.72. The SMILES string of the molecule is COc1nc(=O)c(O)c2n1[C@@H](C(c1ccccc1)c1ccccc1)CN([C@H](C)C(F)(F)F)C2=O. The molecule has 0 radical (unpaired) electrons. The first kappa shape index (κ1) is 23.3. The van der Waals surface area contributed by atoms with Crippen LogP contribution in [0.25, 0.3) is 0 Å². The van der Waals surface area contributed by atoms with Crippen LogP contribution in [0.15, 0.2) is 65.5 Å². The molecule has 1 aliphatic rings. The molecule has 1 aromatic heterocycles. The highest BCUT2D eigenvalue weighted by atomic mass is 19.4. The van der Waals surface area contributed by atoms with Gasteiger partial charge in [-0.15, -0.1) is 0 Å². The van der Waals surface area contributed by atoms with Crippen molar-refractivity contribution in [3.63, 3.8) is 0 Å². The van der Waals surface area contributed by atoms with Gasteiger partial charge in [0.2, 0.25) is 5.75 Å². The van der Waals surface area contributed by atoms with Crippen molar-refractivity contribution in [2.45, 2.75) is 31.1 Å². The lowest BCUT2D eigenvalue weighted by Gasteiger charge is -2.42. The van der Waals surface area contributed by atoms with Crippen LogP contribution in [-0.4, -0.2) is 51.3 Å². The smallest absolute Gasteiger partial charge is 0.408 e. The van der Waals surface area contributed by atoms with E-state index in [9.17, 15) is 27.9 Å². The van der Waals surface area contributed by atoms with E-state index in [-0.39, 0.29) is 12.6 Å². The Morgan fingerprint density at radius 3 is 2.03 bits per heavy atom. The average Bonchev–Trinajstić information content (AvgIpc) is 2.82. The number of hydrogen-bond acceptors (Lipinski definition) is 5. The van der Waals surface area contributed by atoms with Gasteiger partial charge in [-0.25, -0.2) is 0 Å². The molecule has 2 atom stereocenters. The molecule has 0 unspecified atom stereocenters. The molecule has 2 heterocycles. The lowest BCUT2D eigenvalue weighted by atomic mass is 9.83. The summed E-state index contributed by atoms with van der Waals surface area (Å²) in [6.07, 6.45) is -4.72. The molecule has 34 heavy (non-hydrogen) atoms. The standard InChI is InChI=1S/C24H22F3N3O4/c1-14(24(25,26)27)29-13-17(30-19(22(29)33)20(31)21(32)28-23(30)34-2)18(15-9-5-3-6-10-15)16-11-7-4-8-12-16/h3-12,14,17-18,31H,13H2,1-2H3/t14-,17-/m1/s1. The first-order valence-electron chi connectivity index (χ1n) is 10.5. The minimum Gasteiger partial charge on any atom is -0.501 e. The Bertz CT molecular complexity index is 1210. The van der Waals surface area contributed by atoms with Gasteiger partial charge >= 0.3 is 17.7 Å². The summed E-state index contributed by atoms with van der Waals surface area (Å²) in [7, 11) is 1.23. The minimum absolute atomic E-state index is 0.271. The number of carbonyl (C=O) groups is 1. The third-order valence-corrected chi connectivity index (χ3v) is 6.08. The zero-order valence-corrected chi connectivity index (χ0v) is 18.4. The van der Waals surface area contributed by atoms with Gasteiger partial charge in [0.25, 0.3) is 5.91 Å². The second-order valence-corrected chi connectivity index (χ2v) is 8.01. The number of aromatic nitrogens is 2. The lowest BCUT2D eigenvalue weighted by molar-refractivity contribution is -0.174. The van der Waals surface area contributed by atoms with Crippen LogP contribution >= 0.6 is 0 Å². The van der Waals surface area contributed by atoms with E-state index in [2.05, 4.69) is 4.98 Å². The third-order valence-electron chi connectivity index (χ3n) is 6.08. The highest BCUT2D eigenvalue weighted by Crippen LogP contribution is 2.43. The van der Waals surface area contributed by atoms with Gasteiger partial charge in [-0.05, 0) is 18.1 Å². The molecule has 0 saturated heterocycles. The monoisotopic (exact) mass is 473 g/mol. The molecule has 0 bridgehead atoms. The Hall–Kier alpha value is -3.82. The first-order valence-corrected chi connectivity index (χ1v) is 10.5. The average molecular weight is 473 g/mol. The Morgan fingerprint density at radius 1 is 1.03 bits per heavy atom. The Kier molecular flexibility index (Phi) is 6.07. The third kappa shape index (κ3) is 4.00. The summed E-state index contributed by atoms with van der Waals surface area (Å²) in [5.41, 5.74) is -0.216. The van der Waals surface area contributed by atoms with Gasteiger partial charge < -0.3 is 14.7 Å². The summed E-state index contributed by atoms with van der Waals surface area (Å²) in [6, 6.07) is 14.8. The number of aromatic hydroxyl groups is 1. The van der Waals surface area contributed by atoms with Crippen LogP contribution in [0.3, 0.4) is 0 Å². The van der Waals surface area contributed by atoms with E-state index in [0.717, 1.165) is 18.1 Å². The maximum atomic E-state index is 13.7. The summed E-state index contributed by atoms with van der Waals surface area (Å²) >= 11 is 0. The number of methoxy groups -OCH3 is 1. The van der Waals surface area contributed by atoms with Crippen molar-refractivity contribution in [1.29, 1.82) is 0 Å². The molecule has 0 spiro atoms. The molecule has 178 valence electrons. The van der Waals surface area contributed by atoms with Crippen LogP contribution in [-0.2, 0) is 0 Å². The van der Waals surface area contributed by atoms with E-state index in [1.165, 1.54) is 11.7 Å². The predicted octanol–water partition coefficient (Wildman–Crippen LogP) is 3.74. The van der Waals surface area contributed by atoms with Crippen molar-refractivity contribution in [3.8, 4) is 11.8 Å². The molecule has 0 saturated carbocycles. The molecule has 10 heteroatoms. The second kappa shape index (κ2) is 8.85. The summed E-state index contributed by atoms with van der Waals surface area (Å²) in [6.45, 7) is 0.513. The van der Waals surface area contributed by atoms with Crippen LogP contribution in [0.5, 0.6) is 11.8 Å². The number of carbonyl (C=O) groups excluding carboxylic acids is 1. The zero-order chi connectivity index (χ0) is 24.6. The zero-order valence-electron chi connectivity index (χ0n) is 18.4. The van der Waals surface area contributed by atoms with Crippen molar-refractivity contribution >= 4 is 5.91 Å². The lowest BCUT2D eigenvalue weighted by Crippen LogP contribution is -2.54. The number of amides is 1. The van der Waals surface area contributed by atoms with Gasteiger partial charge in [0, 0.05) is 12.5 Å². The number of nitrogens with zero attached hydrogens (tertiary/aromatic N) is 3. The number of hydrogen-bond donors (Lipinski definition) is 1. The summed E-state index contributed by atoms with van der Waals surface area (Å²) < 4.78 is 47.7. The highest BCUT2D eigenvalue weighted by Gasteiger charge is 2.49. The molecule has 0 aliphatic carbocycles. The van der Waals surface area contributed by atoms with Crippen molar-refractivity contribution in [2.24, 2.45) is 0 Å². The molecular weight excluding hydrogens is 451 g/mol. The van der Waals surface area contributed by atoms with Crippen molar-refractivity contribution in [3.05, 3.63) is 87.8 Å². The van der Waals surface area contributed by atoms with E-state index in [1.807, 2.05) is 36.4 Å². The van der Waals surface area contributed by atoms with E-state index in [4.69, 9.17) is 4.74 Å². The van der Waals surface area contributed by atoms with Crippen molar-refractivity contribution in [2.75, 3.05) is 13.7 Å². The van der Waals surface area contributed by atoms with Crippen LogP contribution in [0.4, 0.5) is 13.2 Å². The Labute approximate surface area is 193 Å². The molecule has 7 nitrogen and oxygen atoms in total. The molecule has 1 N–H and O–H groups in total. The van der Waals surface area contributed by atoms with Gasteiger partial charge in [-0.2, -0.15) is 18.2 Å². The van der Waals surface area contributed by atoms with Gasteiger partial charge in [0.1, 0.15) is 6.04 Å². The largest absolute Gasteiger partial charge is 0.501 e. The maximum absolute atomic E-state index is 13.7. The summed E-state index contributed by atoms with van der Waals surface area (Å²) in [5, 5.41) is 10.5. The van der Waals surface area contributed by atoms with Crippen LogP contribution < -0.4 is 10.3 Å². The number of fused-ring (bicyclic) bond motifs is 1. The Morgan fingerprint density at radius 2 is 1.56 bits per heavy atom. The fraction of sp³-hybridized carbons (Fsp3) is 0.292. The van der Waals surface area contributed by atoms with Gasteiger partial charge in [0.15, 0.2) is 5.69 Å². The highest BCUT2D eigenvalue weighted by molar-refractivity contribution is 5.96. The molecular formula is C24H22F3N3O4. The van der Waals surface area contributed by atoms with Crippen LogP contribution in [0.2, 0.25) is 0 Å². The fourth-order valence-corrected chi connectivity index (χ4v) is 4.39. The number of alkyl halides is 3. The Balaban J connectivity index is 2.02. The topological polar surface area (TPSA) is 84.7 Å². The molecule has 2 aromatic carbocycles. The van der Waals surface area contributed by atoms with Crippen molar-refractivity contribution in [1.82, 2.24) is 14.5 Å². The predicted molar refractivity (Wildman–Crippen MR) is 117 cm³/mol. The first-order chi connectivity index (χ1) is 16.1. The molecule has 3 aromatic rings. The maximum Gasteiger partial charge on any atom is 0.408 e. The van der Waals surface area contributed by atoms with E-state index in [0.29, 0.717) is 4.90 Å². The molecule has 1 aliphatic heterocycles. The summed E-state index contributed by atoms with van der Waals surface area (Å²) in [5.74, 6) is -2.71. The molecule has 0 fully saturated rings. The van der Waals surface area contributed by atoms with E-state index < -0.39 is 47.1 Å². The van der Waals surface area contributed by atoms with Gasteiger partial charge in [-0.3, -0.25) is 14.2 Å². The van der Waals surface area contributed by atoms with Crippen LogP contribution in [0.1, 0.15) is 40.5 Å². The molecule has 1 amide bonds. The van der Waals surface area contributed by atoms with Crippen LogP contribution in [0, 0.1) is 0 Å². The second-order valence-electron chi connectivity index (χ2n) is 8.01. The van der Waals surface area contributed by atoms with Gasteiger partial charge in [-0.1, -0.05) is 60.7 Å². The number of benzene rings is 2. The fourth-order valence-electron chi connectivity index (χ4n) is 4.39. The number of halogens is 3. The normalized spacial score (nSPS) is 16.9. The number of ether oxygens (including phenoxy) is 1. The summed E-state index contributed by atoms with van der Waals surface area (Å²) in [4.78, 5) is 29.8. The number of rotatable bonds is 5. The molecule has 4 rings (SSSR count). The van der Waals surface area contributed by atoms with Crippen molar-refractivity contribution < 1.29 is 27.8 Å². The quantitative estimate of drug-likeness (QED) is 0.611. The van der Waals surface area contributed by atoms with Gasteiger partial charge in [0.05, 0.1) is 13.2 Å². The van der Waals surface area contributed by atoms with E-state index >= 15 is 0 Å².